The molecule has 0 aliphatic carbocycles. The minimum atomic E-state index is -0.958. The fourth-order valence-electron chi connectivity index (χ4n) is 2.39. The molecule has 0 saturated heterocycles. The predicted molar refractivity (Wildman–Crippen MR) is 75.3 cm³/mol. The van der Waals surface area contributed by atoms with Crippen molar-refractivity contribution < 1.29 is 14.7 Å². The average molecular weight is 286 g/mol. The van der Waals surface area contributed by atoms with Gasteiger partial charge in [0, 0.05) is 30.5 Å². The van der Waals surface area contributed by atoms with Gasteiger partial charge in [0.25, 0.3) is 0 Å². The summed E-state index contributed by atoms with van der Waals surface area (Å²) < 4.78 is 0. The molecule has 0 radical (unpaired) electrons. The van der Waals surface area contributed by atoms with Gasteiger partial charge in [0.2, 0.25) is 0 Å². The van der Waals surface area contributed by atoms with Gasteiger partial charge in [0.05, 0.1) is 11.8 Å². The topological polar surface area (TPSA) is 98.3 Å². The third-order valence-electron chi connectivity index (χ3n) is 3.47. The average Bonchev–Trinajstić information content (AvgIpc) is 3.13. The number of anilines is 1. The van der Waals surface area contributed by atoms with Crippen LogP contribution in [-0.2, 0) is 13.0 Å². The van der Waals surface area contributed by atoms with Crippen LogP contribution in [0.2, 0.25) is 0 Å². The maximum Gasteiger partial charge on any atom is 0.335 e. The molecule has 0 unspecified atom stereocenters. The van der Waals surface area contributed by atoms with E-state index in [1.165, 1.54) is 6.07 Å². The number of carbonyl (C=O) groups excluding carboxylic acids is 1. The number of urea groups is 1. The van der Waals surface area contributed by atoms with Crippen LogP contribution in [0, 0.1) is 0 Å². The molecule has 0 bridgehead atoms. The van der Waals surface area contributed by atoms with Crippen molar-refractivity contribution in [3.05, 3.63) is 47.3 Å². The van der Waals surface area contributed by atoms with Crippen LogP contribution in [-0.4, -0.2) is 33.8 Å². The summed E-state index contributed by atoms with van der Waals surface area (Å²) >= 11 is 0. The first-order valence-electron chi connectivity index (χ1n) is 6.54. The van der Waals surface area contributed by atoms with Gasteiger partial charge in [-0.1, -0.05) is 0 Å². The molecule has 0 saturated carbocycles. The number of rotatable bonds is 3. The molecular weight excluding hydrogens is 272 g/mol. The standard InChI is InChI=1S/C14H14N4O3/c19-13(20)11-1-2-12-10(5-11)3-4-18(12)14(21)15-6-9-7-16-17-8-9/h1-2,5,7-8H,3-4,6H2,(H,15,21)(H,16,17)(H,19,20). The van der Waals surface area contributed by atoms with Gasteiger partial charge in [-0.05, 0) is 30.2 Å². The van der Waals surface area contributed by atoms with E-state index in [1.54, 1.807) is 29.4 Å². The Kier molecular flexibility index (Phi) is 3.31. The van der Waals surface area contributed by atoms with Gasteiger partial charge in [-0.2, -0.15) is 5.10 Å². The Bertz CT molecular complexity index is 682. The zero-order valence-electron chi connectivity index (χ0n) is 11.2. The second-order valence-electron chi connectivity index (χ2n) is 4.82. The zero-order valence-corrected chi connectivity index (χ0v) is 11.2. The molecule has 7 nitrogen and oxygen atoms in total. The van der Waals surface area contributed by atoms with E-state index >= 15 is 0 Å². The van der Waals surface area contributed by atoms with Crippen LogP contribution in [0.25, 0.3) is 0 Å². The van der Waals surface area contributed by atoms with E-state index in [4.69, 9.17) is 5.11 Å². The molecule has 21 heavy (non-hydrogen) atoms. The highest BCUT2D eigenvalue weighted by atomic mass is 16.4. The molecule has 0 fully saturated rings. The molecule has 3 N–H and O–H groups in total. The van der Waals surface area contributed by atoms with Crippen molar-refractivity contribution in [3.8, 4) is 0 Å². The second kappa shape index (κ2) is 5.28. The van der Waals surface area contributed by atoms with Crippen LogP contribution in [0.5, 0.6) is 0 Å². The predicted octanol–water partition coefficient (Wildman–Crippen LogP) is 1.38. The van der Waals surface area contributed by atoms with E-state index in [0.29, 0.717) is 19.5 Å². The molecule has 2 heterocycles. The Labute approximate surface area is 120 Å². The number of nitrogens with zero attached hydrogens (tertiary/aromatic N) is 2. The molecule has 1 aliphatic rings. The number of carboxylic acid groups (broad SMARTS) is 1. The molecule has 1 aliphatic heterocycles. The largest absolute Gasteiger partial charge is 0.478 e. The normalized spacial score (nSPS) is 13.0. The number of nitrogens with one attached hydrogen (secondary N) is 2. The Morgan fingerprint density at radius 1 is 1.43 bits per heavy atom. The van der Waals surface area contributed by atoms with Crippen LogP contribution in [0.4, 0.5) is 10.5 Å². The fraction of sp³-hybridized carbons (Fsp3) is 0.214. The summed E-state index contributed by atoms with van der Waals surface area (Å²) in [7, 11) is 0. The SMILES string of the molecule is O=C(O)c1ccc2c(c1)CCN2C(=O)NCc1cn[nH]c1. The van der Waals surface area contributed by atoms with E-state index in [2.05, 4.69) is 15.5 Å². The molecule has 2 aromatic rings. The molecule has 7 heteroatoms. The number of carbonyl (C=O) groups is 2. The summed E-state index contributed by atoms with van der Waals surface area (Å²) in [6.07, 6.45) is 4.03. The number of hydrogen-bond donors (Lipinski definition) is 3. The lowest BCUT2D eigenvalue weighted by Crippen LogP contribution is -2.38. The highest BCUT2D eigenvalue weighted by Gasteiger charge is 2.25. The zero-order chi connectivity index (χ0) is 14.8. The number of amides is 2. The van der Waals surface area contributed by atoms with Crippen molar-refractivity contribution in [2.24, 2.45) is 0 Å². The van der Waals surface area contributed by atoms with Crippen molar-refractivity contribution in [3.63, 3.8) is 0 Å². The lowest BCUT2D eigenvalue weighted by molar-refractivity contribution is 0.0697. The first-order chi connectivity index (χ1) is 10.1. The molecule has 3 rings (SSSR count). The quantitative estimate of drug-likeness (QED) is 0.793. The third kappa shape index (κ3) is 2.58. The maximum atomic E-state index is 12.2. The molecule has 1 aromatic heterocycles. The van der Waals surface area contributed by atoms with E-state index in [1.807, 2.05) is 0 Å². The van der Waals surface area contributed by atoms with Crippen molar-refractivity contribution >= 4 is 17.7 Å². The van der Waals surface area contributed by atoms with Crippen LogP contribution < -0.4 is 10.2 Å². The smallest absolute Gasteiger partial charge is 0.335 e. The van der Waals surface area contributed by atoms with Crippen molar-refractivity contribution in [2.45, 2.75) is 13.0 Å². The molecule has 2 amide bonds. The molecular formula is C14H14N4O3. The fourth-order valence-corrected chi connectivity index (χ4v) is 2.39. The number of aromatic amines is 1. The number of fused-ring (bicyclic) bond motifs is 1. The summed E-state index contributed by atoms with van der Waals surface area (Å²) in [4.78, 5) is 24.8. The number of hydrogen-bond acceptors (Lipinski definition) is 3. The number of H-pyrrole nitrogens is 1. The molecule has 1 aromatic carbocycles. The summed E-state index contributed by atoms with van der Waals surface area (Å²) in [5, 5.41) is 18.3. The maximum absolute atomic E-state index is 12.2. The van der Waals surface area contributed by atoms with Crippen molar-refractivity contribution in [1.29, 1.82) is 0 Å². The minimum Gasteiger partial charge on any atom is -0.478 e. The third-order valence-corrected chi connectivity index (χ3v) is 3.47. The summed E-state index contributed by atoms with van der Waals surface area (Å²) in [6, 6.07) is 4.63. The van der Waals surface area contributed by atoms with Gasteiger partial charge in [-0.15, -0.1) is 0 Å². The highest BCUT2D eigenvalue weighted by molar-refractivity contribution is 5.95. The van der Waals surface area contributed by atoms with Gasteiger partial charge in [-0.3, -0.25) is 10.00 Å². The van der Waals surface area contributed by atoms with Gasteiger partial charge in [0.15, 0.2) is 0 Å². The first kappa shape index (κ1) is 13.2. The highest BCUT2D eigenvalue weighted by Crippen LogP contribution is 2.28. The second-order valence-corrected chi connectivity index (χ2v) is 4.82. The van der Waals surface area contributed by atoms with E-state index in [-0.39, 0.29) is 11.6 Å². The number of benzene rings is 1. The first-order valence-corrected chi connectivity index (χ1v) is 6.54. The van der Waals surface area contributed by atoms with Gasteiger partial charge in [0.1, 0.15) is 0 Å². The van der Waals surface area contributed by atoms with Gasteiger partial charge < -0.3 is 10.4 Å². The number of aromatic nitrogens is 2. The number of carboxylic acids is 1. The lowest BCUT2D eigenvalue weighted by Gasteiger charge is -2.18. The number of aromatic carboxylic acids is 1. The van der Waals surface area contributed by atoms with Crippen molar-refractivity contribution in [1.82, 2.24) is 15.5 Å². The van der Waals surface area contributed by atoms with Crippen LogP contribution in [0.1, 0.15) is 21.5 Å². The van der Waals surface area contributed by atoms with Gasteiger partial charge >= 0.3 is 12.0 Å². The molecule has 0 atom stereocenters. The minimum absolute atomic E-state index is 0.196. The Morgan fingerprint density at radius 3 is 3.00 bits per heavy atom. The van der Waals surface area contributed by atoms with Crippen LogP contribution in [0.15, 0.2) is 30.6 Å². The summed E-state index contributed by atoms with van der Waals surface area (Å²) in [5.41, 5.74) is 2.79. The van der Waals surface area contributed by atoms with E-state index in [0.717, 1.165) is 16.8 Å². The van der Waals surface area contributed by atoms with E-state index < -0.39 is 5.97 Å². The van der Waals surface area contributed by atoms with Crippen molar-refractivity contribution in [2.75, 3.05) is 11.4 Å². The van der Waals surface area contributed by atoms with Crippen LogP contribution >= 0.6 is 0 Å². The summed E-state index contributed by atoms with van der Waals surface area (Å²) in [6.45, 7) is 0.948. The molecule has 108 valence electrons. The van der Waals surface area contributed by atoms with Crippen LogP contribution in [0.3, 0.4) is 0 Å². The monoisotopic (exact) mass is 286 g/mol. The van der Waals surface area contributed by atoms with Gasteiger partial charge in [-0.25, -0.2) is 9.59 Å². The molecule has 0 spiro atoms. The Morgan fingerprint density at radius 2 is 2.29 bits per heavy atom. The summed E-state index contributed by atoms with van der Waals surface area (Å²) in [5.74, 6) is -0.958. The lowest BCUT2D eigenvalue weighted by atomic mass is 10.1. The Balaban J connectivity index is 1.71. The van der Waals surface area contributed by atoms with E-state index in [9.17, 15) is 9.59 Å². The Hall–Kier alpha value is -2.83.